The summed E-state index contributed by atoms with van der Waals surface area (Å²) < 4.78 is 10.1. The molecule has 1 rings (SSSR count). The number of carbonyl (C=O) groups excluding carboxylic acids is 1. The molecule has 0 amide bonds. The molecule has 1 aromatic rings. The number of carboxylic acid groups (broad SMARTS) is 1. The predicted octanol–water partition coefficient (Wildman–Crippen LogP) is 0.267. The van der Waals surface area contributed by atoms with Crippen LogP contribution in [0, 0.1) is 0 Å². The number of hydrogen-bond donors (Lipinski definition) is 1. The molecule has 0 radical (unpaired) electrons. The normalized spacial score (nSPS) is 11.9. The van der Waals surface area contributed by atoms with E-state index in [1.807, 2.05) is 0 Å². The summed E-state index contributed by atoms with van der Waals surface area (Å²) in [4.78, 5) is 10.3. The van der Waals surface area contributed by atoms with Crippen molar-refractivity contribution in [2.75, 3.05) is 14.2 Å². The number of carboxylic acids is 1. The molecule has 0 saturated carbocycles. The molecule has 5 nitrogen and oxygen atoms in total. The van der Waals surface area contributed by atoms with Crippen molar-refractivity contribution in [1.82, 2.24) is 0 Å². The molecule has 17 heavy (non-hydrogen) atoms. The zero-order chi connectivity index (χ0) is 12.8. The third kappa shape index (κ3) is 3.64. The van der Waals surface area contributed by atoms with Crippen LogP contribution in [0.3, 0.4) is 0 Å². The SMILES string of the molecule is COc1ccc(OC)c([C@@H](O)CCC(=O)[O-])c1. The summed E-state index contributed by atoms with van der Waals surface area (Å²) in [6.07, 6.45) is -1.05. The average Bonchev–Trinajstić information content (AvgIpc) is 2.34. The van der Waals surface area contributed by atoms with Crippen molar-refractivity contribution in [3.8, 4) is 11.5 Å². The predicted molar refractivity (Wildman–Crippen MR) is 58.7 cm³/mol. The lowest BCUT2D eigenvalue weighted by Gasteiger charge is -2.16. The number of carbonyl (C=O) groups is 1. The average molecular weight is 239 g/mol. The summed E-state index contributed by atoms with van der Waals surface area (Å²) in [6.45, 7) is 0. The largest absolute Gasteiger partial charge is 0.550 e. The Kier molecular flexibility index (Phi) is 4.78. The lowest BCUT2D eigenvalue weighted by Crippen LogP contribution is -2.22. The van der Waals surface area contributed by atoms with Gasteiger partial charge in [0.15, 0.2) is 0 Å². The van der Waals surface area contributed by atoms with Gasteiger partial charge in [-0.2, -0.15) is 0 Å². The van der Waals surface area contributed by atoms with Gasteiger partial charge in [0.1, 0.15) is 11.5 Å². The quantitative estimate of drug-likeness (QED) is 0.770. The van der Waals surface area contributed by atoms with Gasteiger partial charge in [-0.05, 0) is 31.0 Å². The van der Waals surface area contributed by atoms with Crippen molar-refractivity contribution in [1.29, 1.82) is 0 Å². The first kappa shape index (κ1) is 13.3. The summed E-state index contributed by atoms with van der Waals surface area (Å²) >= 11 is 0. The molecule has 0 bridgehead atoms. The Morgan fingerprint density at radius 1 is 1.41 bits per heavy atom. The van der Waals surface area contributed by atoms with Gasteiger partial charge in [0.25, 0.3) is 0 Å². The molecule has 0 spiro atoms. The van der Waals surface area contributed by atoms with Crippen molar-refractivity contribution in [2.24, 2.45) is 0 Å². The minimum atomic E-state index is -1.19. The van der Waals surface area contributed by atoms with E-state index in [0.29, 0.717) is 17.1 Å². The number of benzene rings is 1. The molecule has 0 unspecified atom stereocenters. The molecular formula is C12H15O5-. The zero-order valence-electron chi connectivity index (χ0n) is 9.80. The van der Waals surface area contributed by atoms with Crippen molar-refractivity contribution in [2.45, 2.75) is 18.9 Å². The second kappa shape index (κ2) is 6.10. The molecule has 0 fully saturated rings. The van der Waals surface area contributed by atoms with Crippen LogP contribution in [0.25, 0.3) is 0 Å². The number of aliphatic hydroxyl groups is 1. The first-order valence-electron chi connectivity index (χ1n) is 5.18. The van der Waals surface area contributed by atoms with Crippen LogP contribution in [0.2, 0.25) is 0 Å². The van der Waals surface area contributed by atoms with Gasteiger partial charge in [-0.3, -0.25) is 0 Å². The summed E-state index contributed by atoms with van der Waals surface area (Å²) in [6, 6.07) is 4.99. The first-order valence-corrected chi connectivity index (χ1v) is 5.18. The van der Waals surface area contributed by atoms with E-state index in [0.717, 1.165) is 0 Å². The van der Waals surface area contributed by atoms with E-state index in [9.17, 15) is 15.0 Å². The first-order chi connectivity index (χ1) is 8.08. The minimum Gasteiger partial charge on any atom is -0.550 e. The number of aliphatic hydroxyl groups excluding tert-OH is 1. The Morgan fingerprint density at radius 2 is 2.12 bits per heavy atom. The minimum absolute atomic E-state index is 0.0753. The molecular weight excluding hydrogens is 224 g/mol. The van der Waals surface area contributed by atoms with E-state index < -0.39 is 12.1 Å². The molecule has 1 aromatic carbocycles. The Balaban J connectivity index is 2.88. The van der Waals surface area contributed by atoms with Crippen LogP contribution in [0.4, 0.5) is 0 Å². The monoisotopic (exact) mass is 239 g/mol. The van der Waals surface area contributed by atoms with Crippen LogP contribution >= 0.6 is 0 Å². The molecule has 1 N–H and O–H groups in total. The molecule has 0 aliphatic carbocycles. The summed E-state index contributed by atoms with van der Waals surface area (Å²) in [5.41, 5.74) is 0.508. The van der Waals surface area contributed by atoms with Crippen LogP contribution in [-0.2, 0) is 4.79 Å². The van der Waals surface area contributed by atoms with E-state index in [2.05, 4.69) is 0 Å². The smallest absolute Gasteiger partial charge is 0.124 e. The Labute approximate surface area is 99.6 Å². The van der Waals surface area contributed by atoms with E-state index in [1.54, 1.807) is 18.2 Å². The van der Waals surface area contributed by atoms with Gasteiger partial charge < -0.3 is 24.5 Å². The molecule has 0 saturated heterocycles. The highest BCUT2D eigenvalue weighted by Crippen LogP contribution is 2.31. The van der Waals surface area contributed by atoms with Crippen LogP contribution < -0.4 is 14.6 Å². The standard InChI is InChI=1S/C12H16O5/c1-16-8-3-5-11(17-2)9(7-8)10(13)4-6-12(14)15/h3,5,7,10,13H,4,6H2,1-2H3,(H,14,15)/p-1/t10-/m0/s1. The maximum absolute atomic E-state index is 10.3. The molecule has 0 aliphatic rings. The molecule has 5 heteroatoms. The summed E-state index contributed by atoms with van der Waals surface area (Å²) in [5, 5.41) is 20.2. The van der Waals surface area contributed by atoms with Gasteiger partial charge in [0.2, 0.25) is 0 Å². The van der Waals surface area contributed by atoms with Gasteiger partial charge >= 0.3 is 0 Å². The summed E-state index contributed by atoms with van der Waals surface area (Å²) in [5.74, 6) is -0.115. The van der Waals surface area contributed by atoms with E-state index >= 15 is 0 Å². The Morgan fingerprint density at radius 3 is 2.65 bits per heavy atom. The lowest BCUT2D eigenvalue weighted by molar-refractivity contribution is -0.306. The van der Waals surface area contributed by atoms with Crippen LogP contribution in [0.1, 0.15) is 24.5 Å². The number of ether oxygens (including phenoxy) is 2. The van der Waals surface area contributed by atoms with E-state index in [-0.39, 0.29) is 12.8 Å². The Bertz CT molecular complexity index is 388. The molecule has 0 aromatic heterocycles. The fraction of sp³-hybridized carbons (Fsp3) is 0.417. The maximum atomic E-state index is 10.3. The fourth-order valence-electron chi connectivity index (χ4n) is 1.51. The van der Waals surface area contributed by atoms with Gasteiger partial charge in [0.05, 0.1) is 20.3 Å². The van der Waals surface area contributed by atoms with Crippen molar-refractivity contribution in [3.05, 3.63) is 23.8 Å². The van der Waals surface area contributed by atoms with Crippen LogP contribution in [0.15, 0.2) is 18.2 Å². The summed E-state index contributed by atoms with van der Waals surface area (Å²) in [7, 11) is 3.00. The highest BCUT2D eigenvalue weighted by Gasteiger charge is 2.14. The third-order valence-electron chi connectivity index (χ3n) is 2.42. The topological polar surface area (TPSA) is 78.8 Å². The molecule has 0 aliphatic heterocycles. The van der Waals surface area contributed by atoms with Crippen molar-refractivity contribution in [3.63, 3.8) is 0 Å². The maximum Gasteiger partial charge on any atom is 0.124 e. The second-order valence-electron chi connectivity index (χ2n) is 3.53. The number of hydrogen-bond acceptors (Lipinski definition) is 5. The zero-order valence-corrected chi connectivity index (χ0v) is 9.80. The van der Waals surface area contributed by atoms with Gasteiger partial charge in [-0.25, -0.2) is 0 Å². The molecule has 1 atom stereocenters. The third-order valence-corrected chi connectivity index (χ3v) is 2.42. The highest BCUT2D eigenvalue weighted by molar-refractivity contribution is 5.64. The number of methoxy groups -OCH3 is 2. The van der Waals surface area contributed by atoms with Gasteiger partial charge in [-0.15, -0.1) is 0 Å². The van der Waals surface area contributed by atoms with E-state index in [4.69, 9.17) is 9.47 Å². The Hall–Kier alpha value is -1.75. The van der Waals surface area contributed by atoms with Crippen LogP contribution in [-0.4, -0.2) is 25.3 Å². The van der Waals surface area contributed by atoms with Crippen LogP contribution in [0.5, 0.6) is 11.5 Å². The molecule has 0 heterocycles. The fourth-order valence-corrected chi connectivity index (χ4v) is 1.51. The van der Waals surface area contributed by atoms with E-state index in [1.165, 1.54) is 14.2 Å². The number of aliphatic carboxylic acids is 1. The van der Waals surface area contributed by atoms with Crippen molar-refractivity contribution >= 4 is 5.97 Å². The second-order valence-corrected chi connectivity index (χ2v) is 3.53. The molecule has 94 valence electrons. The number of rotatable bonds is 6. The lowest BCUT2D eigenvalue weighted by atomic mass is 10.0. The van der Waals surface area contributed by atoms with Gasteiger partial charge in [0, 0.05) is 11.5 Å². The highest BCUT2D eigenvalue weighted by atomic mass is 16.5. The van der Waals surface area contributed by atoms with Gasteiger partial charge in [-0.1, -0.05) is 0 Å². The van der Waals surface area contributed by atoms with Crippen molar-refractivity contribution < 1.29 is 24.5 Å².